The zero-order chi connectivity index (χ0) is 12.4. The number of pyridine rings is 1. The van der Waals surface area contributed by atoms with E-state index in [0.29, 0.717) is 12.6 Å². The Kier molecular flexibility index (Phi) is 3.15. The zero-order valence-electron chi connectivity index (χ0n) is 10.6. The molecule has 1 aliphatic carbocycles. The third-order valence-electron chi connectivity index (χ3n) is 3.18. The van der Waals surface area contributed by atoms with Gasteiger partial charge in [0.15, 0.2) is 0 Å². The Morgan fingerprint density at radius 1 is 1.33 bits per heavy atom. The van der Waals surface area contributed by atoms with Gasteiger partial charge in [-0.15, -0.1) is 0 Å². The lowest BCUT2D eigenvalue weighted by atomic mass is 10.2. The van der Waals surface area contributed by atoms with Crippen LogP contribution >= 0.6 is 0 Å². The minimum atomic E-state index is 0.684. The summed E-state index contributed by atoms with van der Waals surface area (Å²) in [5.41, 5.74) is 2.07. The first-order valence-corrected chi connectivity index (χ1v) is 6.61. The Morgan fingerprint density at radius 2 is 2.17 bits per heavy atom. The van der Waals surface area contributed by atoms with Crippen molar-refractivity contribution in [2.75, 3.05) is 6.61 Å². The molecular formula is C15H18N2O. The van der Waals surface area contributed by atoms with E-state index in [0.717, 1.165) is 28.9 Å². The molecule has 1 fully saturated rings. The lowest BCUT2D eigenvalue weighted by Gasteiger charge is -2.10. The Hall–Kier alpha value is -1.61. The third-order valence-corrected chi connectivity index (χ3v) is 3.18. The summed E-state index contributed by atoms with van der Waals surface area (Å²) >= 11 is 0. The van der Waals surface area contributed by atoms with Gasteiger partial charge in [-0.05, 0) is 31.9 Å². The molecule has 1 heterocycles. The van der Waals surface area contributed by atoms with Gasteiger partial charge in [0, 0.05) is 24.0 Å². The number of benzene rings is 1. The molecule has 1 N–H and O–H groups in total. The number of fused-ring (bicyclic) bond motifs is 1. The summed E-state index contributed by atoms with van der Waals surface area (Å²) in [5.74, 6) is 0.940. The summed E-state index contributed by atoms with van der Waals surface area (Å²) in [5, 5.41) is 4.58. The van der Waals surface area contributed by atoms with Crippen molar-refractivity contribution < 1.29 is 4.74 Å². The van der Waals surface area contributed by atoms with Crippen LogP contribution < -0.4 is 10.1 Å². The van der Waals surface area contributed by atoms with Crippen LogP contribution in [0.15, 0.2) is 30.3 Å². The Morgan fingerprint density at radius 3 is 2.94 bits per heavy atom. The molecule has 0 radical (unpaired) electrons. The highest BCUT2D eigenvalue weighted by molar-refractivity contribution is 5.85. The number of hydrogen-bond donors (Lipinski definition) is 1. The smallest absolute Gasteiger partial charge is 0.130 e. The van der Waals surface area contributed by atoms with Gasteiger partial charge in [-0.1, -0.05) is 12.1 Å². The maximum atomic E-state index is 5.71. The molecule has 2 aromatic rings. The van der Waals surface area contributed by atoms with Crippen molar-refractivity contribution >= 4 is 10.9 Å². The van der Waals surface area contributed by atoms with Crippen LogP contribution in [-0.4, -0.2) is 17.6 Å². The average molecular weight is 242 g/mol. The topological polar surface area (TPSA) is 34.1 Å². The van der Waals surface area contributed by atoms with E-state index in [1.54, 1.807) is 0 Å². The fraction of sp³-hybridized carbons (Fsp3) is 0.400. The van der Waals surface area contributed by atoms with Crippen LogP contribution in [0.3, 0.4) is 0 Å². The fourth-order valence-electron chi connectivity index (χ4n) is 2.10. The van der Waals surface area contributed by atoms with E-state index < -0.39 is 0 Å². The van der Waals surface area contributed by atoms with Crippen LogP contribution in [0, 0.1) is 0 Å². The third kappa shape index (κ3) is 2.46. The van der Waals surface area contributed by atoms with E-state index in [9.17, 15) is 0 Å². The number of rotatable bonds is 5. The van der Waals surface area contributed by atoms with Gasteiger partial charge in [0.25, 0.3) is 0 Å². The van der Waals surface area contributed by atoms with E-state index in [1.807, 2.05) is 25.1 Å². The summed E-state index contributed by atoms with van der Waals surface area (Å²) in [4.78, 5) is 4.68. The average Bonchev–Trinajstić information content (AvgIpc) is 3.21. The van der Waals surface area contributed by atoms with E-state index in [1.165, 1.54) is 12.8 Å². The predicted molar refractivity (Wildman–Crippen MR) is 72.8 cm³/mol. The molecule has 0 atom stereocenters. The molecule has 1 aliphatic rings. The van der Waals surface area contributed by atoms with Crippen molar-refractivity contribution in [1.82, 2.24) is 10.3 Å². The molecule has 0 amide bonds. The lowest BCUT2D eigenvalue weighted by molar-refractivity contribution is 0.343. The van der Waals surface area contributed by atoms with Gasteiger partial charge in [-0.3, -0.25) is 4.98 Å². The van der Waals surface area contributed by atoms with Crippen molar-refractivity contribution in [3.05, 3.63) is 36.0 Å². The van der Waals surface area contributed by atoms with Crippen LogP contribution in [0.1, 0.15) is 25.5 Å². The van der Waals surface area contributed by atoms with Crippen molar-refractivity contribution in [1.29, 1.82) is 0 Å². The molecule has 3 nitrogen and oxygen atoms in total. The molecule has 94 valence electrons. The van der Waals surface area contributed by atoms with E-state index >= 15 is 0 Å². The van der Waals surface area contributed by atoms with Gasteiger partial charge in [0.05, 0.1) is 17.8 Å². The fourth-order valence-corrected chi connectivity index (χ4v) is 2.10. The normalized spacial score (nSPS) is 14.9. The van der Waals surface area contributed by atoms with Gasteiger partial charge in [-0.2, -0.15) is 0 Å². The Bertz CT molecular complexity index is 549. The highest BCUT2D eigenvalue weighted by Crippen LogP contribution is 2.26. The molecular weight excluding hydrogens is 224 g/mol. The monoisotopic (exact) mass is 242 g/mol. The van der Waals surface area contributed by atoms with Crippen molar-refractivity contribution in [3.8, 4) is 5.75 Å². The second kappa shape index (κ2) is 4.94. The molecule has 0 bridgehead atoms. The van der Waals surface area contributed by atoms with Gasteiger partial charge < -0.3 is 10.1 Å². The summed E-state index contributed by atoms with van der Waals surface area (Å²) in [6.45, 7) is 3.52. The number of hydrogen-bond acceptors (Lipinski definition) is 3. The van der Waals surface area contributed by atoms with Crippen LogP contribution in [-0.2, 0) is 6.54 Å². The van der Waals surface area contributed by atoms with E-state index in [2.05, 4.69) is 22.4 Å². The molecule has 0 saturated heterocycles. The second-order valence-corrected chi connectivity index (χ2v) is 4.72. The van der Waals surface area contributed by atoms with E-state index in [-0.39, 0.29) is 0 Å². The van der Waals surface area contributed by atoms with E-state index in [4.69, 9.17) is 4.74 Å². The molecule has 3 rings (SSSR count). The Labute approximate surface area is 107 Å². The summed E-state index contributed by atoms with van der Waals surface area (Å²) in [6.07, 6.45) is 2.60. The van der Waals surface area contributed by atoms with Crippen LogP contribution in [0.2, 0.25) is 0 Å². The number of nitrogens with one attached hydrogen (secondary N) is 1. The molecule has 0 spiro atoms. The van der Waals surface area contributed by atoms with Gasteiger partial charge in [0.2, 0.25) is 0 Å². The van der Waals surface area contributed by atoms with Crippen molar-refractivity contribution in [2.24, 2.45) is 0 Å². The molecule has 1 aromatic carbocycles. The van der Waals surface area contributed by atoms with Gasteiger partial charge in [0.1, 0.15) is 5.75 Å². The van der Waals surface area contributed by atoms with Crippen LogP contribution in [0.25, 0.3) is 10.9 Å². The van der Waals surface area contributed by atoms with Gasteiger partial charge >= 0.3 is 0 Å². The SMILES string of the molecule is CCOc1cc(CNC2CC2)nc2ccccc12. The largest absolute Gasteiger partial charge is 0.493 e. The van der Waals surface area contributed by atoms with Gasteiger partial charge in [-0.25, -0.2) is 0 Å². The first-order chi connectivity index (χ1) is 8.86. The van der Waals surface area contributed by atoms with Crippen LogP contribution in [0.4, 0.5) is 0 Å². The number of para-hydroxylation sites is 1. The molecule has 18 heavy (non-hydrogen) atoms. The predicted octanol–water partition coefficient (Wildman–Crippen LogP) is 2.89. The van der Waals surface area contributed by atoms with Crippen LogP contribution in [0.5, 0.6) is 5.75 Å². The lowest BCUT2D eigenvalue weighted by Crippen LogP contribution is -2.16. The maximum absolute atomic E-state index is 5.71. The molecule has 1 aromatic heterocycles. The summed E-state index contributed by atoms with van der Waals surface area (Å²) in [6, 6.07) is 10.9. The van der Waals surface area contributed by atoms with Crippen molar-refractivity contribution in [3.63, 3.8) is 0 Å². The molecule has 0 unspecified atom stereocenters. The zero-order valence-corrected chi connectivity index (χ0v) is 10.6. The quantitative estimate of drug-likeness (QED) is 0.875. The first kappa shape index (κ1) is 11.5. The summed E-state index contributed by atoms with van der Waals surface area (Å²) < 4.78 is 5.71. The summed E-state index contributed by atoms with van der Waals surface area (Å²) in [7, 11) is 0. The second-order valence-electron chi connectivity index (χ2n) is 4.72. The minimum absolute atomic E-state index is 0.684. The molecule has 0 aliphatic heterocycles. The standard InChI is InChI=1S/C15H18N2O/c1-2-18-15-9-12(10-16-11-7-8-11)17-14-6-4-3-5-13(14)15/h3-6,9,11,16H,2,7-8,10H2,1H3. The number of aromatic nitrogens is 1. The number of nitrogens with zero attached hydrogens (tertiary/aromatic N) is 1. The highest BCUT2D eigenvalue weighted by Gasteiger charge is 2.20. The highest BCUT2D eigenvalue weighted by atomic mass is 16.5. The minimum Gasteiger partial charge on any atom is -0.493 e. The Balaban J connectivity index is 1.93. The number of ether oxygens (including phenoxy) is 1. The molecule has 1 saturated carbocycles. The maximum Gasteiger partial charge on any atom is 0.130 e. The first-order valence-electron chi connectivity index (χ1n) is 6.61. The van der Waals surface area contributed by atoms with Crippen molar-refractivity contribution in [2.45, 2.75) is 32.4 Å². The molecule has 3 heteroatoms.